The Kier molecular flexibility index (Phi) is 7.64. The van der Waals surface area contributed by atoms with Gasteiger partial charge in [-0.15, -0.1) is 12.4 Å². The molecule has 1 aromatic rings. The summed E-state index contributed by atoms with van der Waals surface area (Å²) in [4.78, 5) is 15.0. The third kappa shape index (κ3) is 4.81. The second-order valence-corrected chi connectivity index (χ2v) is 8.81. The van der Waals surface area contributed by atoms with Gasteiger partial charge in [-0.3, -0.25) is 4.79 Å². The van der Waals surface area contributed by atoms with Crippen LogP contribution in [0.1, 0.15) is 28.8 Å². The van der Waals surface area contributed by atoms with Gasteiger partial charge in [-0.05, 0) is 44.5 Å². The molecular formula is C18H28ClN3O4S. The van der Waals surface area contributed by atoms with Crippen LogP contribution in [0.5, 0.6) is 0 Å². The van der Waals surface area contributed by atoms with Gasteiger partial charge < -0.3 is 15.0 Å². The number of hydrogen-bond donors (Lipinski definition) is 1. The number of nitrogens with one attached hydrogen (secondary N) is 1. The number of carbonyl (C=O) groups is 1. The van der Waals surface area contributed by atoms with Crippen LogP contribution in [-0.2, 0) is 14.8 Å². The van der Waals surface area contributed by atoms with E-state index in [1.807, 2.05) is 18.9 Å². The van der Waals surface area contributed by atoms with Gasteiger partial charge in [-0.1, -0.05) is 6.07 Å². The summed E-state index contributed by atoms with van der Waals surface area (Å²) in [5.41, 5.74) is 1.26. The van der Waals surface area contributed by atoms with Gasteiger partial charge in [0.15, 0.2) is 0 Å². The molecule has 0 saturated carbocycles. The maximum Gasteiger partial charge on any atom is 0.254 e. The van der Waals surface area contributed by atoms with Crippen LogP contribution in [0.25, 0.3) is 0 Å². The molecule has 1 atom stereocenters. The highest BCUT2D eigenvalue weighted by Gasteiger charge is 2.29. The van der Waals surface area contributed by atoms with E-state index in [-0.39, 0.29) is 29.3 Å². The van der Waals surface area contributed by atoms with Crippen molar-refractivity contribution in [2.24, 2.45) is 0 Å². The predicted molar refractivity (Wildman–Crippen MR) is 106 cm³/mol. The first-order valence-corrected chi connectivity index (χ1v) is 10.5. The van der Waals surface area contributed by atoms with Crippen molar-refractivity contribution in [2.75, 3.05) is 46.4 Å². The lowest BCUT2D eigenvalue weighted by molar-refractivity contribution is 0.0696. The number of amides is 1. The first-order chi connectivity index (χ1) is 12.4. The normalized spacial score (nSPS) is 21.6. The van der Waals surface area contributed by atoms with Gasteiger partial charge in [0.2, 0.25) is 10.0 Å². The number of likely N-dealkylation sites (tertiary alicyclic amines) is 1. The Morgan fingerprint density at radius 3 is 2.59 bits per heavy atom. The number of benzene rings is 1. The minimum atomic E-state index is -3.61. The molecule has 7 nitrogen and oxygen atoms in total. The minimum Gasteiger partial charge on any atom is -0.379 e. The van der Waals surface area contributed by atoms with Gasteiger partial charge in [0.25, 0.3) is 5.91 Å². The molecular weight excluding hydrogens is 390 g/mol. The minimum absolute atomic E-state index is 0. The Bertz CT molecular complexity index is 766. The fourth-order valence-electron chi connectivity index (χ4n) is 3.50. The molecule has 2 saturated heterocycles. The van der Waals surface area contributed by atoms with E-state index < -0.39 is 10.0 Å². The van der Waals surface area contributed by atoms with Crippen LogP contribution in [0.2, 0.25) is 0 Å². The zero-order valence-electron chi connectivity index (χ0n) is 15.8. The number of nitrogens with zero attached hydrogens (tertiary/aromatic N) is 2. The number of morpholine rings is 1. The smallest absolute Gasteiger partial charge is 0.254 e. The van der Waals surface area contributed by atoms with E-state index in [1.54, 1.807) is 12.1 Å². The summed E-state index contributed by atoms with van der Waals surface area (Å²) in [5.74, 6) is -0.0959. The third-order valence-corrected chi connectivity index (χ3v) is 7.06. The van der Waals surface area contributed by atoms with Crippen LogP contribution in [0.15, 0.2) is 23.1 Å². The monoisotopic (exact) mass is 417 g/mol. The molecule has 1 aromatic carbocycles. The quantitative estimate of drug-likeness (QED) is 0.797. The Labute approximate surface area is 167 Å². The number of rotatable bonds is 4. The Morgan fingerprint density at radius 2 is 1.93 bits per heavy atom. The Balaban J connectivity index is 0.00000261. The second-order valence-electron chi connectivity index (χ2n) is 6.87. The molecule has 0 aliphatic carbocycles. The van der Waals surface area contributed by atoms with Gasteiger partial charge in [0.05, 0.1) is 18.1 Å². The lowest BCUT2D eigenvalue weighted by Crippen LogP contribution is -2.47. The van der Waals surface area contributed by atoms with Crippen molar-refractivity contribution in [3.8, 4) is 0 Å². The standard InChI is InChI=1S/C18H27N3O4S.ClH/c1-14-5-6-16(26(23,24)21-8-10-25-11-9-21)12-17(14)18(22)20-7-3-4-15(13-20)19-2;/h5-6,12,15,19H,3-4,7-11,13H2,1-2H3;1H. The maximum absolute atomic E-state index is 13.0. The molecule has 152 valence electrons. The predicted octanol–water partition coefficient (Wildman–Crippen LogP) is 1.26. The van der Waals surface area contributed by atoms with E-state index in [0.717, 1.165) is 18.4 Å². The highest BCUT2D eigenvalue weighted by atomic mass is 35.5. The van der Waals surface area contributed by atoms with Crippen LogP contribution >= 0.6 is 12.4 Å². The zero-order chi connectivity index (χ0) is 18.7. The lowest BCUT2D eigenvalue weighted by Gasteiger charge is -2.33. The molecule has 1 unspecified atom stereocenters. The first-order valence-electron chi connectivity index (χ1n) is 9.08. The number of ether oxygens (including phenoxy) is 1. The van der Waals surface area contributed by atoms with E-state index in [0.29, 0.717) is 45.0 Å². The van der Waals surface area contributed by atoms with Crippen molar-refractivity contribution >= 4 is 28.3 Å². The molecule has 3 rings (SSSR count). The number of halogens is 1. The number of carbonyl (C=O) groups excluding carboxylic acids is 1. The van der Waals surface area contributed by atoms with Crippen molar-refractivity contribution in [1.29, 1.82) is 0 Å². The highest BCUT2D eigenvalue weighted by molar-refractivity contribution is 7.89. The van der Waals surface area contributed by atoms with Crippen molar-refractivity contribution < 1.29 is 17.9 Å². The number of sulfonamides is 1. The van der Waals surface area contributed by atoms with Gasteiger partial charge in [-0.2, -0.15) is 4.31 Å². The summed E-state index contributed by atoms with van der Waals surface area (Å²) < 4.78 is 32.4. The van der Waals surface area contributed by atoms with E-state index in [4.69, 9.17) is 4.74 Å². The topological polar surface area (TPSA) is 79.0 Å². The summed E-state index contributed by atoms with van der Waals surface area (Å²) in [5, 5.41) is 3.23. The number of likely N-dealkylation sites (N-methyl/N-ethyl adjacent to an activating group) is 1. The Hall–Kier alpha value is -1.19. The molecule has 2 aliphatic rings. The molecule has 0 spiro atoms. The van der Waals surface area contributed by atoms with Crippen molar-refractivity contribution in [3.05, 3.63) is 29.3 Å². The van der Waals surface area contributed by atoms with E-state index in [9.17, 15) is 13.2 Å². The van der Waals surface area contributed by atoms with Crippen LogP contribution in [0.3, 0.4) is 0 Å². The summed E-state index contributed by atoms with van der Waals surface area (Å²) in [6.07, 6.45) is 1.99. The van der Waals surface area contributed by atoms with Crippen LogP contribution in [-0.4, -0.2) is 76.0 Å². The second kappa shape index (κ2) is 9.34. The van der Waals surface area contributed by atoms with E-state index >= 15 is 0 Å². The SMILES string of the molecule is CNC1CCCN(C(=O)c2cc(S(=O)(=O)N3CCOCC3)ccc2C)C1.Cl. The first kappa shape index (κ1) is 22.1. The average Bonchev–Trinajstić information content (AvgIpc) is 2.68. The molecule has 27 heavy (non-hydrogen) atoms. The Morgan fingerprint density at radius 1 is 1.22 bits per heavy atom. The average molecular weight is 418 g/mol. The van der Waals surface area contributed by atoms with E-state index in [2.05, 4.69) is 5.32 Å². The number of hydrogen-bond acceptors (Lipinski definition) is 5. The maximum atomic E-state index is 13.0. The summed E-state index contributed by atoms with van der Waals surface area (Å²) in [6.45, 7) is 4.68. The lowest BCUT2D eigenvalue weighted by atomic mass is 10.0. The van der Waals surface area contributed by atoms with Crippen LogP contribution in [0, 0.1) is 6.92 Å². The van der Waals surface area contributed by atoms with Crippen molar-refractivity contribution in [2.45, 2.75) is 30.7 Å². The van der Waals surface area contributed by atoms with Gasteiger partial charge in [-0.25, -0.2) is 8.42 Å². The van der Waals surface area contributed by atoms with E-state index in [1.165, 1.54) is 10.4 Å². The van der Waals surface area contributed by atoms with Crippen LogP contribution in [0.4, 0.5) is 0 Å². The third-order valence-electron chi connectivity index (χ3n) is 5.16. The molecule has 9 heteroatoms. The van der Waals surface area contributed by atoms with Gasteiger partial charge in [0, 0.05) is 37.8 Å². The molecule has 2 aliphatic heterocycles. The fourth-order valence-corrected chi connectivity index (χ4v) is 4.93. The van der Waals surface area contributed by atoms with Gasteiger partial charge >= 0.3 is 0 Å². The summed E-state index contributed by atoms with van der Waals surface area (Å²) >= 11 is 0. The molecule has 0 bridgehead atoms. The van der Waals surface area contributed by atoms with Crippen molar-refractivity contribution in [3.63, 3.8) is 0 Å². The largest absolute Gasteiger partial charge is 0.379 e. The molecule has 0 radical (unpaired) electrons. The summed E-state index contributed by atoms with van der Waals surface area (Å²) in [7, 11) is -1.71. The highest BCUT2D eigenvalue weighted by Crippen LogP contribution is 2.23. The fraction of sp³-hybridized carbons (Fsp3) is 0.611. The zero-order valence-corrected chi connectivity index (χ0v) is 17.4. The number of piperidine rings is 1. The molecule has 1 N–H and O–H groups in total. The molecule has 2 heterocycles. The van der Waals surface area contributed by atoms with Crippen LogP contribution < -0.4 is 5.32 Å². The molecule has 2 fully saturated rings. The van der Waals surface area contributed by atoms with Gasteiger partial charge in [0.1, 0.15) is 0 Å². The summed E-state index contributed by atoms with van der Waals surface area (Å²) in [6, 6.07) is 5.13. The van der Waals surface area contributed by atoms with Crippen molar-refractivity contribution in [1.82, 2.24) is 14.5 Å². The molecule has 1 amide bonds. The molecule has 0 aromatic heterocycles. The number of aryl methyl sites for hydroxylation is 1.